The lowest BCUT2D eigenvalue weighted by atomic mass is 10.1. The van der Waals surface area contributed by atoms with E-state index >= 15 is 0 Å². The van der Waals surface area contributed by atoms with Crippen LogP contribution in [0.4, 0.5) is 8.78 Å². The summed E-state index contributed by atoms with van der Waals surface area (Å²) in [7, 11) is -3.36. The van der Waals surface area contributed by atoms with Gasteiger partial charge in [-0.3, -0.25) is 0 Å². The van der Waals surface area contributed by atoms with Crippen LogP contribution in [0.15, 0.2) is 18.2 Å². The normalized spacial score (nSPS) is 13.8. The van der Waals surface area contributed by atoms with Crippen LogP contribution in [0, 0.1) is 11.6 Å². The highest BCUT2D eigenvalue weighted by molar-refractivity contribution is 7.89. The van der Waals surface area contributed by atoms with Crippen LogP contribution < -0.4 is 4.72 Å². The van der Waals surface area contributed by atoms with Crippen LogP contribution in [0.1, 0.15) is 25.5 Å². The van der Waals surface area contributed by atoms with E-state index in [4.69, 9.17) is 0 Å². The van der Waals surface area contributed by atoms with Gasteiger partial charge in [0.05, 0.1) is 5.75 Å². The van der Waals surface area contributed by atoms with Gasteiger partial charge in [-0.1, -0.05) is 6.07 Å². The van der Waals surface area contributed by atoms with E-state index in [1.807, 2.05) is 0 Å². The van der Waals surface area contributed by atoms with Crippen molar-refractivity contribution in [2.24, 2.45) is 0 Å². The number of benzene rings is 1. The van der Waals surface area contributed by atoms with Crippen LogP contribution in [0.3, 0.4) is 0 Å². The summed E-state index contributed by atoms with van der Waals surface area (Å²) >= 11 is 0. The maximum atomic E-state index is 12.9. The average molecular weight is 249 g/mol. The van der Waals surface area contributed by atoms with Gasteiger partial charge in [0, 0.05) is 6.04 Å². The van der Waals surface area contributed by atoms with Gasteiger partial charge < -0.3 is 0 Å². The van der Waals surface area contributed by atoms with E-state index in [1.54, 1.807) is 6.92 Å². The molecule has 0 saturated carbocycles. The summed E-state index contributed by atoms with van der Waals surface area (Å²) in [5, 5.41) is 0. The molecule has 0 aliphatic rings. The van der Waals surface area contributed by atoms with Crippen molar-refractivity contribution in [1.82, 2.24) is 4.72 Å². The van der Waals surface area contributed by atoms with E-state index in [-0.39, 0.29) is 5.75 Å². The highest BCUT2D eigenvalue weighted by atomic mass is 32.2. The number of halogens is 2. The average Bonchev–Trinajstić information content (AvgIpc) is 2.21. The van der Waals surface area contributed by atoms with Crippen molar-refractivity contribution in [1.29, 1.82) is 0 Å². The highest BCUT2D eigenvalue weighted by Gasteiger charge is 2.14. The molecule has 16 heavy (non-hydrogen) atoms. The molecule has 0 radical (unpaired) electrons. The predicted octanol–water partition coefficient (Wildman–Crippen LogP) is 1.97. The van der Waals surface area contributed by atoms with Gasteiger partial charge in [-0.2, -0.15) is 0 Å². The fourth-order valence-electron chi connectivity index (χ4n) is 1.20. The van der Waals surface area contributed by atoms with Gasteiger partial charge in [-0.05, 0) is 31.5 Å². The number of hydrogen-bond acceptors (Lipinski definition) is 2. The van der Waals surface area contributed by atoms with Crippen molar-refractivity contribution in [3.8, 4) is 0 Å². The fourth-order valence-corrected chi connectivity index (χ4v) is 2.04. The molecule has 0 saturated heterocycles. The third-order valence-corrected chi connectivity index (χ3v) is 3.65. The van der Waals surface area contributed by atoms with E-state index in [2.05, 4.69) is 4.72 Å². The maximum Gasteiger partial charge on any atom is 0.211 e. The van der Waals surface area contributed by atoms with Gasteiger partial charge >= 0.3 is 0 Å². The Kier molecular flexibility index (Phi) is 3.98. The summed E-state index contributed by atoms with van der Waals surface area (Å²) in [4.78, 5) is 0. The molecule has 0 aromatic heterocycles. The lowest BCUT2D eigenvalue weighted by Gasteiger charge is -2.13. The molecule has 1 rings (SSSR count). The van der Waals surface area contributed by atoms with Gasteiger partial charge in [0.15, 0.2) is 11.6 Å². The first-order valence-electron chi connectivity index (χ1n) is 4.80. The molecule has 6 heteroatoms. The van der Waals surface area contributed by atoms with Gasteiger partial charge in [0.1, 0.15) is 0 Å². The quantitative estimate of drug-likeness (QED) is 0.886. The van der Waals surface area contributed by atoms with Crippen LogP contribution >= 0.6 is 0 Å². The lowest BCUT2D eigenvalue weighted by Crippen LogP contribution is -2.28. The first-order valence-corrected chi connectivity index (χ1v) is 6.46. The third kappa shape index (κ3) is 3.24. The minimum absolute atomic E-state index is 0.0545. The van der Waals surface area contributed by atoms with Crippen molar-refractivity contribution in [3.63, 3.8) is 0 Å². The van der Waals surface area contributed by atoms with Crippen LogP contribution in [-0.4, -0.2) is 14.2 Å². The van der Waals surface area contributed by atoms with Crippen molar-refractivity contribution in [2.75, 3.05) is 5.75 Å². The molecule has 0 aliphatic heterocycles. The first-order chi connectivity index (χ1) is 7.35. The Bertz CT molecular complexity index is 474. The minimum atomic E-state index is -3.36. The molecule has 1 aromatic carbocycles. The first kappa shape index (κ1) is 13.1. The van der Waals surface area contributed by atoms with Crippen molar-refractivity contribution >= 4 is 10.0 Å². The number of hydrogen-bond donors (Lipinski definition) is 1. The molecule has 0 aliphatic carbocycles. The van der Waals surface area contributed by atoms with Gasteiger partial charge in [0.25, 0.3) is 0 Å². The summed E-state index contributed by atoms with van der Waals surface area (Å²) in [5.74, 6) is -1.99. The Morgan fingerprint density at radius 2 is 1.94 bits per heavy atom. The predicted molar refractivity (Wildman–Crippen MR) is 57.4 cm³/mol. The third-order valence-electron chi connectivity index (χ3n) is 2.18. The molecule has 1 N–H and O–H groups in total. The molecule has 0 bridgehead atoms. The summed E-state index contributed by atoms with van der Waals surface area (Å²) in [6.07, 6.45) is 0. The standard InChI is InChI=1S/C10H13F2NO2S/c1-3-16(14,15)13-7(2)8-4-5-9(11)10(12)6-8/h4-7,13H,3H2,1-2H3. The molecule has 90 valence electrons. The topological polar surface area (TPSA) is 46.2 Å². The van der Waals surface area contributed by atoms with Crippen molar-refractivity contribution < 1.29 is 17.2 Å². The van der Waals surface area contributed by atoms with E-state index in [1.165, 1.54) is 13.0 Å². The van der Waals surface area contributed by atoms with Crippen LogP contribution in [0.2, 0.25) is 0 Å². The van der Waals surface area contributed by atoms with Gasteiger partial charge in [0.2, 0.25) is 10.0 Å². The molecule has 0 heterocycles. The zero-order valence-corrected chi connectivity index (χ0v) is 9.81. The number of rotatable bonds is 4. The molecule has 1 atom stereocenters. The fraction of sp³-hybridized carbons (Fsp3) is 0.400. The SMILES string of the molecule is CCS(=O)(=O)NC(C)c1ccc(F)c(F)c1. The summed E-state index contributed by atoms with van der Waals surface area (Å²) in [6, 6.07) is 2.72. The van der Waals surface area contributed by atoms with Crippen LogP contribution in [0.5, 0.6) is 0 Å². The monoisotopic (exact) mass is 249 g/mol. The summed E-state index contributed by atoms with van der Waals surface area (Å²) in [5.41, 5.74) is 0.385. The Labute approximate surface area is 93.5 Å². The largest absolute Gasteiger partial charge is 0.212 e. The molecule has 1 unspecified atom stereocenters. The molecular weight excluding hydrogens is 236 g/mol. The minimum Gasteiger partial charge on any atom is -0.212 e. The number of sulfonamides is 1. The Morgan fingerprint density at radius 1 is 1.31 bits per heavy atom. The van der Waals surface area contributed by atoms with E-state index < -0.39 is 27.7 Å². The zero-order valence-electron chi connectivity index (χ0n) is 9.00. The number of nitrogens with one attached hydrogen (secondary N) is 1. The molecule has 0 spiro atoms. The second kappa shape index (κ2) is 4.88. The lowest BCUT2D eigenvalue weighted by molar-refractivity contribution is 0.504. The Morgan fingerprint density at radius 3 is 2.44 bits per heavy atom. The maximum absolute atomic E-state index is 12.9. The van der Waals surface area contributed by atoms with Crippen LogP contribution in [-0.2, 0) is 10.0 Å². The second-order valence-corrected chi connectivity index (χ2v) is 5.46. The molecule has 0 amide bonds. The van der Waals surface area contributed by atoms with Gasteiger partial charge in [-0.25, -0.2) is 21.9 Å². The molecule has 0 fully saturated rings. The van der Waals surface area contributed by atoms with Crippen molar-refractivity contribution in [2.45, 2.75) is 19.9 Å². The Hall–Kier alpha value is -1.01. The van der Waals surface area contributed by atoms with Gasteiger partial charge in [-0.15, -0.1) is 0 Å². The van der Waals surface area contributed by atoms with E-state index in [0.29, 0.717) is 5.56 Å². The highest BCUT2D eigenvalue weighted by Crippen LogP contribution is 2.16. The Balaban J connectivity index is 2.89. The smallest absolute Gasteiger partial charge is 0.211 e. The van der Waals surface area contributed by atoms with E-state index in [9.17, 15) is 17.2 Å². The molecule has 3 nitrogen and oxygen atoms in total. The zero-order chi connectivity index (χ0) is 12.3. The molecule has 1 aromatic rings. The summed E-state index contributed by atoms with van der Waals surface area (Å²) in [6.45, 7) is 3.07. The van der Waals surface area contributed by atoms with Crippen molar-refractivity contribution in [3.05, 3.63) is 35.4 Å². The van der Waals surface area contributed by atoms with Crippen LogP contribution in [0.25, 0.3) is 0 Å². The van der Waals surface area contributed by atoms with E-state index in [0.717, 1.165) is 12.1 Å². The second-order valence-electron chi connectivity index (χ2n) is 3.42. The summed E-state index contributed by atoms with van der Waals surface area (Å²) < 4.78 is 50.4. The molecular formula is C10H13F2NO2S.